The van der Waals surface area contributed by atoms with E-state index in [0.717, 1.165) is 17.7 Å². The van der Waals surface area contributed by atoms with Crippen LogP contribution < -0.4 is 10.1 Å². The van der Waals surface area contributed by atoms with Crippen molar-refractivity contribution in [1.29, 1.82) is 0 Å². The number of carbonyl (C=O) groups is 1. The number of hydrogen-bond donors (Lipinski definition) is 1. The number of aryl methyl sites for hydroxylation is 1. The van der Waals surface area contributed by atoms with Crippen LogP contribution in [0.15, 0.2) is 47.6 Å². The van der Waals surface area contributed by atoms with E-state index in [1.165, 1.54) is 11.8 Å². The summed E-state index contributed by atoms with van der Waals surface area (Å²) in [6, 6.07) is 12.9. The number of hydrogen-bond acceptors (Lipinski definition) is 5. The quantitative estimate of drug-likeness (QED) is 0.379. The average Bonchev–Trinajstić information content (AvgIpc) is 3.17. The molecule has 1 aromatic heterocycles. The molecule has 1 unspecified atom stereocenters. The van der Waals surface area contributed by atoms with Crippen LogP contribution in [0.4, 0.5) is 5.69 Å². The molecule has 3 aromatic rings. The van der Waals surface area contributed by atoms with Crippen LogP contribution in [0.5, 0.6) is 5.75 Å². The van der Waals surface area contributed by atoms with Gasteiger partial charge in [-0.25, -0.2) is 0 Å². The highest BCUT2D eigenvalue weighted by molar-refractivity contribution is 7.99. The van der Waals surface area contributed by atoms with Crippen LogP contribution in [-0.2, 0) is 17.8 Å². The van der Waals surface area contributed by atoms with Gasteiger partial charge in [-0.3, -0.25) is 4.79 Å². The predicted octanol–water partition coefficient (Wildman–Crippen LogP) is 6.04. The highest BCUT2D eigenvalue weighted by Gasteiger charge is 2.20. The van der Waals surface area contributed by atoms with Crippen molar-refractivity contribution in [2.24, 2.45) is 0 Å². The van der Waals surface area contributed by atoms with Gasteiger partial charge in [-0.2, -0.15) is 0 Å². The Morgan fingerprint density at radius 3 is 2.68 bits per heavy atom. The highest BCUT2D eigenvalue weighted by Crippen LogP contribution is 2.31. The maximum Gasteiger partial charge on any atom is 0.234 e. The van der Waals surface area contributed by atoms with E-state index in [4.69, 9.17) is 27.9 Å². The molecule has 0 saturated heterocycles. The highest BCUT2D eigenvalue weighted by atomic mass is 35.5. The van der Waals surface area contributed by atoms with Crippen molar-refractivity contribution in [1.82, 2.24) is 14.8 Å². The second-order valence-electron chi connectivity index (χ2n) is 6.77. The monoisotopic (exact) mass is 478 g/mol. The summed E-state index contributed by atoms with van der Waals surface area (Å²) in [5.74, 6) is 1.32. The van der Waals surface area contributed by atoms with Gasteiger partial charge in [0.2, 0.25) is 5.91 Å². The summed E-state index contributed by atoms with van der Waals surface area (Å²) in [6.45, 7) is 6.58. The minimum atomic E-state index is -0.384. The molecule has 164 valence electrons. The van der Waals surface area contributed by atoms with Crippen molar-refractivity contribution in [3.63, 3.8) is 0 Å². The minimum Gasteiger partial charge on any atom is -0.481 e. The van der Waals surface area contributed by atoms with Gasteiger partial charge < -0.3 is 14.6 Å². The molecule has 0 aliphatic heterocycles. The molecule has 3 rings (SSSR count). The van der Waals surface area contributed by atoms with Gasteiger partial charge in [-0.15, -0.1) is 10.2 Å². The zero-order valence-electron chi connectivity index (χ0n) is 17.6. The van der Waals surface area contributed by atoms with Crippen LogP contribution in [-0.4, -0.2) is 26.4 Å². The third-order valence-corrected chi connectivity index (χ3v) is 6.12. The molecule has 0 aliphatic carbocycles. The molecule has 31 heavy (non-hydrogen) atoms. The van der Waals surface area contributed by atoms with Crippen molar-refractivity contribution in [3.05, 3.63) is 63.9 Å². The van der Waals surface area contributed by atoms with Crippen LogP contribution in [0, 0.1) is 0 Å². The van der Waals surface area contributed by atoms with Crippen molar-refractivity contribution in [2.45, 2.75) is 45.0 Å². The molecule has 0 bridgehead atoms. The first-order chi connectivity index (χ1) is 14.9. The number of rotatable bonds is 9. The second-order valence-corrected chi connectivity index (χ2v) is 8.55. The maximum absolute atomic E-state index is 12.5. The van der Waals surface area contributed by atoms with E-state index in [2.05, 4.69) is 22.4 Å². The van der Waals surface area contributed by atoms with E-state index in [1.807, 2.05) is 42.7 Å². The number of nitrogens with one attached hydrogen (secondary N) is 1. The van der Waals surface area contributed by atoms with Crippen LogP contribution in [0.2, 0.25) is 10.0 Å². The molecule has 9 heteroatoms. The number of carbonyl (C=O) groups excluding carboxylic acids is 1. The summed E-state index contributed by atoms with van der Waals surface area (Å²) in [5, 5.41) is 13.2. The zero-order valence-corrected chi connectivity index (χ0v) is 19.9. The Bertz CT molecular complexity index is 1060. The van der Waals surface area contributed by atoms with E-state index < -0.39 is 0 Å². The third-order valence-electron chi connectivity index (χ3n) is 4.63. The first-order valence-electron chi connectivity index (χ1n) is 9.98. The normalized spacial score (nSPS) is 11.9. The summed E-state index contributed by atoms with van der Waals surface area (Å²) in [6.07, 6.45) is 0.470. The number of para-hydroxylation sites is 1. The summed E-state index contributed by atoms with van der Waals surface area (Å²) >= 11 is 13.5. The van der Waals surface area contributed by atoms with Gasteiger partial charge in [-0.1, -0.05) is 60.1 Å². The van der Waals surface area contributed by atoms with Crippen LogP contribution in [0.3, 0.4) is 0 Å². The van der Waals surface area contributed by atoms with Gasteiger partial charge in [0.05, 0.1) is 10.8 Å². The molecule has 1 atom stereocenters. The van der Waals surface area contributed by atoms with E-state index in [1.54, 1.807) is 18.2 Å². The lowest BCUT2D eigenvalue weighted by molar-refractivity contribution is -0.113. The number of anilines is 1. The predicted molar refractivity (Wildman–Crippen MR) is 126 cm³/mol. The van der Waals surface area contributed by atoms with Crippen LogP contribution >= 0.6 is 35.0 Å². The molecule has 1 heterocycles. The second kappa shape index (κ2) is 10.9. The molecule has 1 amide bonds. The number of nitrogens with zero attached hydrogens (tertiary/aromatic N) is 3. The minimum absolute atomic E-state index is 0.0876. The number of aromatic nitrogens is 3. The molecule has 6 nitrogen and oxygen atoms in total. The maximum atomic E-state index is 12.5. The molecule has 0 spiro atoms. The summed E-state index contributed by atoms with van der Waals surface area (Å²) < 4.78 is 7.91. The van der Waals surface area contributed by atoms with E-state index >= 15 is 0 Å². The molecule has 1 N–H and O–H groups in total. The van der Waals surface area contributed by atoms with Gasteiger partial charge in [0, 0.05) is 17.3 Å². The van der Waals surface area contributed by atoms with Gasteiger partial charge in [0.1, 0.15) is 5.75 Å². The van der Waals surface area contributed by atoms with Crippen molar-refractivity contribution in [3.8, 4) is 5.75 Å². The van der Waals surface area contributed by atoms with E-state index in [0.29, 0.717) is 33.3 Å². The van der Waals surface area contributed by atoms with E-state index in [9.17, 15) is 4.79 Å². The van der Waals surface area contributed by atoms with Gasteiger partial charge in [0.25, 0.3) is 0 Å². The number of halogens is 2. The number of ether oxygens (including phenoxy) is 1. The lowest BCUT2D eigenvalue weighted by atomic mass is 10.1. The fraction of sp³-hybridized carbons (Fsp3) is 0.318. The zero-order chi connectivity index (χ0) is 22.4. The molecular formula is C22H24Cl2N4O2S. The Hall–Kier alpha value is -2.22. The molecule has 2 aromatic carbocycles. The van der Waals surface area contributed by atoms with Crippen molar-refractivity contribution in [2.75, 3.05) is 11.1 Å². The molecule has 0 radical (unpaired) electrons. The summed E-state index contributed by atoms with van der Waals surface area (Å²) in [5.41, 5.74) is 1.95. The first kappa shape index (κ1) is 23.4. The van der Waals surface area contributed by atoms with Crippen LogP contribution in [0.25, 0.3) is 0 Å². The van der Waals surface area contributed by atoms with Crippen LogP contribution in [0.1, 0.15) is 38.3 Å². The molecule has 0 saturated carbocycles. The average molecular weight is 479 g/mol. The van der Waals surface area contributed by atoms with Gasteiger partial charge in [-0.05, 0) is 50.1 Å². The smallest absolute Gasteiger partial charge is 0.234 e. The van der Waals surface area contributed by atoms with Gasteiger partial charge >= 0.3 is 0 Å². The fourth-order valence-electron chi connectivity index (χ4n) is 3.09. The van der Waals surface area contributed by atoms with E-state index in [-0.39, 0.29) is 17.8 Å². The number of amides is 1. The van der Waals surface area contributed by atoms with Gasteiger partial charge in [0.15, 0.2) is 17.1 Å². The topological polar surface area (TPSA) is 69.0 Å². The first-order valence-corrected chi connectivity index (χ1v) is 11.7. The lowest BCUT2D eigenvalue weighted by Gasteiger charge is -2.16. The summed E-state index contributed by atoms with van der Waals surface area (Å²) in [4.78, 5) is 12.5. The Kier molecular flexibility index (Phi) is 8.23. The Labute approximate surface area is 196 Å². The lowest BCUT2D eigenvalue weighted by Crippen LogP contribution is -2.16. The summed E-state index contributed by atoms with van der Waals surface area (Å²) in [7, 11) is 0. The Morgan fingerprint density at radius 1 is 1.19 bits per heavy atom. The molecule has 0 aliphatic rings. The van der Waals surface area contributed by atoms with Crippen molar-refractivity contribution >= 4 is 46.6 Å². The number of benzene rings is 2. The number of thioether (sulfide) groups is 1. The Morgan fingerprint density at radius 2 is 1.97 bits per heavy atom. The standard InChI is InChI=1S/C22H24Cl2N4O2S/c1-4-15-8-6-7-9-18(15)25-20(29)13-31-22-27-26-21(28(22)5-2)14(3)30-19-11-10-16(23)12-17(19)24/h6-12,14H,4-5,13H2,1-3H3,(H,25,29). The largest absolute Gasteiger partial charge is 0.481 e. The third kappa shape index (κ3) is 5.93. The fourth-order valence-corrected chi connectivity index (χ4v) is 4.35. The molecular weight excluding hydrogens is 455 g/mol. The van der Waals surface area contributed by atoms with Crippen molar-refractivity contribution < 1.29 is 9.53 Å². The Balaban J connectivity index is 1.66. The SMILES string of the molecule is CCc1ccccc1NC(=O)CSc1nnc(C(C)Oc2ccc(Cl)cc2Cl)n1CC. The molecule has 0 fully saturated rings.